The molecule has 1 N–H and O–H groups in total. The Morgan fingerprint density at radius 2 is 1.82 bits per heavy atom. The van der Waals surface area contributed by atoms with Crippen LogP contribution < -0.4 is 10.1 Å². The average Bonchev–Trinajstić information content (AvgIpc) is 2.93. The average molecular weight is 524 g/mol. The number of nitrogens with one attached hydrogen (secondary N) is 1. The van der Waals surface area contributed by atoms with E-state index in [1.54, 1.807) is 0 Å². The maximum atomic E-state index is 13.2. The molecule has 2 heterocycles. The SMILES string of the molecule is CC(C)N1CC(=O)NCCCCCOc2ccc(CCC(=O)N3CCC(c4ccc(F)cc4)CC3)cc2C1. The fourth-order valence-corrected chi connectivity index (χ4v) is 5.35. The molecule has 2 aliphatic heterocycles. The summed E-state index contributed by atoms with van der Waals surface area (Å²) in [5, 5.41) is 3.04. The Morgan fingerprint density at radius 1 is 1.05 bits per heavy atom. The van der Waals surface area contributed by atoms with E-state index in [-0.39, 0.29) is 23.7 Å². The Morgan fingerprint density at radius 3 is 2.55 bits per heavy atom. The van der Waals surface area contributed by atoms with Gasteiger partial charge in [0.2, 0.25) is 11.8 Å². The summed E-state index contributed by atoms with van der Waals surface area (Å²) in [4.78, 5) is 29.6. The summed E-state index contributed by atoms with van der Waals surface area (Å²) in [6, 6.07) is 13.2. The number of piperidine rings is 1. The molecule has 1 saturated heterocycles. The molecule has 0 saturated carbocycles. The number of carbonyl (C=O) groups is 2. The number of amides is 2. The van der Waals surface area contributed by atoms with Crippen molar-refractivity contribution < 1.29 is 18.7 Å². The zero-order valence-corrected chi connectivity index (χ0v) is 22.9. The van der Waals surface area contributed by atoms with E-state index in [1.807, 2.05) is 23.1 Å². The first-order chi connectivity index (χ1) is 18.4. The lowest BCUT2D eigenvalue weighted by Gasteiger charge is -2.32. The highest BCUT2D eigenvalue weighted by Gasteiger charge is 2.24. The van der Waals surface area contributed by atoms with Gasteiger partial charge in [-0.15, -0.1) is 0 Å². The Balaban J connectivity index is 1.36. The van der Waals surface area contributed by atoms with Crippen molar-refractivity contribution in [3.8, 4) is 5.75 Å². The van der Waals surface area contributed by atoms with Gasteiger partial charge >= 0.3 is 0 Å². The van der Waals surface area contributed by atoms with Gasteiger partial charge in [-0.2, -0.15) is 0 Å². The van der Waals surface area contributed by atoms with Crippen LogP contribution in [0.4, 0.5) is 4.39 Å². The van der Waals surface area contributed by atoms with Crippen LogP contribution in [-0.2, 0) is 22.6 Å². The van der Waals surface area contributed by atoms with Crippen LogP contribution in [0.25, 0.3) is 0 Å². The van der Waals surface area contributed by atoms with Crippen molar-refractivity contribution in [3.05, 3.63) is 65.0 Å². The highest BCUT2D eigenvalue weighted by Crippen LogP contribution is 2.29. The number of rotatable bonds is 5. The molecular weight excluding hydrogens is 481 g/mol. The summed E-state index contributed by atoms with van der Waals surface area (Å²) in [5.41, 5.74) is 3.33. The minimum absolute atomic E-state index is 0.0605. The molecule has 0 radical (unpaired) electrons. The smallest absolute Gasteiger partial charge is 0.234 e. The van der Waals surface area contributed by atoms with Gasteiger partial charge < -0.3 is 15.0 Å². The summed E-state index contributed by atoms with van der Waals surface area (Å²) in [6.07, 6.45) is 5.89. The quantitative estimate of drug-likeness (QED) is 0.596. The van der Waals surface area contributed by atoms with E-state index in [4.69, 9.17) is 4.74 Å². The maximum absolute atomic E-state index is 13.2. The first-order valence-corrected chi connectivity index (χ1v) is 14.2. The van der Waals surface area contributed by atoms with Gasteiger partial charge in [0, 0.05) is 44.2 Å². The molecule has 7 heteroatoms. The molecule has 0 aromatic heterocycles. The monoisotopic (exact) mass is 523 g/mol. The molecular formula is C31H42FN3O3. The van der Waals surface area contributed by atoms with Gasteiger partial charge in [-0.05, 0) is 87.6 Å². The lowest BCUT2D eigenvalue weighted by atomic mass is 9.89. The number of carbonyl (C=O) groups excluding carboxylic acids is 2. The molecule has 0 atom stereocenters. The van der Waals surface area contributed by atoms with Crippen LogP contribution in [0.2, 0.25) is 0 Å². The van der Waals surface area contributed by atoms with Crippen molar-refractivity contribution >= 4 is 11.8 Å². The second-order valence-corrected chi connectivity index (χ2v) is 10.9. The van der Waals surface area contributed by atoms with Crippen molar-refractivity contribution in [2.45, 2.75) is 77.3 Å². The van der Waals surface area contributed by atoms with Crippen LogP contribution in [0, 0.1) is 5.82 Å². The van der Waals surface area contributed by atoms with Crippen molar-refractivity contribution in [1.29, 1.82) is 0 Å². The van der Waals surface area contributed by atoms with E-state index in [2.05, 4.69) is 36.2 Å². The third kappa shape index (κ3) is 8.03. The third-order valence-electron chi connectivity index (χ3n) is 7.79. The molecule has 0 aliphatic carbocycles. The second-order valence-electron chi connectivity index (χ2n) is 10.9. The minimum Gasteiger partial charge on any atom is -0.493 e. The van der Waals surface area contributed by atoms with Gasteiger partial charge in [-0.25, -0.2) is 4.39 Å². The number of aryl methyl sites for hydroxylation is 1. The number of hydrogen-bond donors (Lipinski definition) is 1. The van der Waals surface area contributed by atoms with Crippen LogP contribution in [0.3, 0.4) is 0 Å². The predicted octanol–water partition coefficient (Wildman–Crippen LogP) is 5.05. The number of nitrogens with zero attached hydrogens (tertiary/aromatic N) is 2. The molecule has 2 aromatic rings. The number of hydrogen-bond acceptors (Lipinski definition) is 4. The maximum Gasteiger partial charge on any atom is 0.234 e. The molecule has 2 amide bonds. The second kappa shape index (κ2) is 13.7. The number of benzene rings is 2. The van der Waals surface area contributed by atoms with E-state index in [0.717, 1.165) is 67.6 Å². The fraction of sp³-hybridized carbons (Fsp3) is 0.548. The topological polar surface area (TPSA) is 61.9 Å². The molecule has 0 bridgehead atoms. The predicted molar refractivity (Wildman–Crippen MR) is 148 cm³/mol. The zero-order valence-electron chi connectivity index (χ0n) is 22.9. The lowest BCUT2D eigenvalue weighted by molar-refractivity contribution is -0.132. The normalized spacial score (nSPS) is 18.5. The molecule has 38 heavy (non-hydrogen) atoms. The zero-order chi connectivity index (χ0) is 26.9. The standard InChI is InChI=1S/C31H42FN3O3/c1-23(2)35-21-27-20-24(6-12-29(27)38-19-5-3-4-16-33-30(36)22-35)7-13-31(37)34-17-14-26(15-18-34)25-8-10-28(32)11-9-25/h6,8-12,20,23,26H,3-5,7,13-19,21-22H2,1-2H3,(H,33,36). The van der Waals surface area contributed by atoms with Crippen LogP contribution in [0.1, 0.15) is 75.0 Å². The van der Waals surface area contributed by atoms with E-state index in [9.17, 15) is 14.0 Å². The molecule has 4 rings (SSSR count). The summed E-state index contributed by atoms with van der Waals surface area (Å²) < 4.78 is 19.4. The Bertz CT molecular complexity index is 1060. The Labute approximate surface area is 226 Å². The molecule has 2 aliphatic rings. The number of fused-ring (bicyclic) bond motifs is 1. The third-order valence-corrected chi connectivity index (χ3v) is 7.79. The van der Waals surface area contributed by atoms with Gasteiger partial charge in [0.1, 0.15) is 11.6 Å². The van der Waals surface area contributed by atoms with Crippen LogP contribution in [0.15, 0.2) is 42.5 Å². The Hall–Kier alpha value is -2.93. The van der Waals surface area contributed by atoms with E-state index in [1.165, 1.54) is 12.1 Å². The highest BCUT2D eigenvalue weighted by molar-refractivity contribution is 5.78. The summed E-state index contributed by atoms with van der Waals surface area (Å²) in [7, 11) is 0. The van der Waals surface area contributed by atoms with Crippen molar-refractivity contribution in [2.75, 3.05) is 32.8 Å². The van der Waals surface area contributed by atoms with Gasteiger partial charge in [0.05, 0.1) is 13.2 Å². The largest absolute Gasteiger partial charge is 0.493 e. The van der Waals surface area contributed by atoms with Crippen LogP contribution >= 0.6 is 0 Å². The summed E-state index contributed by atoms with van der Waals surface area (Å²) >= 11 is 0. The van der Waals surface area contributed by atoms with Gasteiger partial charge in [0.15, 0.2) is 0 Å². The van der Waals surface area contributed by atoms with Crippen molar-refractivity contribution in [1.82, 2.24) is 15.1 Å². The fourth-order valence-electron chi connectivity index (χ4n) is 5.35. The van der Waals surface area contributed by atoms with E-state index in [0.29, 0.717) is 45.0 Å². The molecule has 6 nitrogen and oxygen atoms in total. The van der Waals surface area contributed by atoms with Gasteiger partial charge in [0.25, 0.3) is 0 Å². The molecule has 0 spiro atoms. The highest BCUT2D eigenvalue weighted by atomic mass is 19.1. The first-order valence-electron chi connectivity index (χ1n) is 14.2. The van der Waals surface area contributed by atoms with Crippen molar-refractivity contribution in [2.24, 2.45) is 0 Å². The number of likely N-dealkylation sites (tertiary alicyclic amines) is 1. The molecule has 0 unspecified atom stereocenters. The minimum atomic E-state index is -0.212. The summed E-state index contributed by atoms with van der Waals surface area (Å²) in [5.74, 6) is 1.28. The summed E-state index contributed by atoms with van der Waals surface area (Å²) in [6.45, 7) is 8.04. The molecule has 1 fully saturated rings. The Kier molecular flexibility index (Phi) is 10.2. The van der Waals surface area contributed by atoms with Gasteiger partial charge in [-0.3, -0.25) is 14.5 Å². The van der Waals surface area contributed by atoms with Gasteiger partial charge in [-0.1, -0.05) is 24.3 Å². The van der Waals surface area contributed by atoms with Crippen molar-refractivity contribution in [3.63, 3.8) is 0 Å². The van der Waals surface area contributed by atoms with E-state index < -0.39 is 0 Å². The lowest BCUT2D eigenvalue weighted by Crippen LogP contribution is -2.40. The number of ether oxygens (including phenoxy) is 1. The van der Waals surface area contributed by atoms with Crippen LogP contribution in [-0.4, -0.2) is 60.4 Å². The van der Waals surface area contributed by atoms with Crippen LogP contribution in [0.5, 0.6) is 5.75 Å². The number of halogens is 1. The first kappa shape index (κ1) is 28.1. The molecule has 206 valence electrons. The molecule has 2 aromatic carbocycles. The van der Waals surface area contributed by atoms with E-state index >= 15 is 0 Å².